The van der Waals surface area contributed by atoms with Crippen molar-refractivity contribution >= 4 is 35.8 Å². The Bertz CT molecular complexity index is 845. The van der Waals surface area contributed by atoms with Crippen LogP contribution in [-0.4, -0.2) is 57.2 Å². The minimum atomic E-state index is -0.129. The van der Waals surface area contributed by atoms with E-state index in [1.54, 1.807) is 7.05 Å². The number of benzene rings is 2. The highest BCUT2D eigenvalue weighted by molar-refractivity contribution is 14.0. The average molecular weight is 540 g/mol. The van der Waals surface area contributed by atoms with Crippen LogP contribution in [0.3, 0.4) is 0 Å². The van der Waals surface area contributed by atoms with Crippen LogP contribution in [0.15, 0.2) is 53.5 Å². The zero-order valence-electron chi connectivity index (χ0n) is 18.7. The number of carbonyl (C=O) groups excluding carboxylic acids is 1. The fourth-order valence-electron chi connectivity index (χ4n) is 2.82. The quantitative estimate of drug-likeness (QED) is 0.275. The van der Waals surface area contributed by atoms with E-state index in [0.29, 0.717) is 32.0 Å². The molecule has 0 aliphatic heterocycles. The van der Waals surface area contributed by atoms with Crippen LogP contribution in [0, 0.1) is 6.92 Å². The number of halogens is 1. The van der Waals surface area contributed by atoms with Crippen molar-refractivity contribution in [3.05, 3.63) is 59.7 Å². The second kappa shape index (κ2) is 14.5. The van der Waals surface area contributed by atoms with E-state index >= 15 is 0 Å². The van der Waals surface area contributed by atoms with Crippen molar-refractivity contribution in [1.29, 1.82) is 0 Å². The summed E-state index contributed by atoms with van der Waals surface area (Å²) in [5, 5.41) is 6.06. The van der Waals surface area contributed by atoms with E-state index in [1.165, 1.54) is 0 Å². The smallest absolute Gasteiger partial charge is 0.257 e. The van der Waals surface area contributed by atoms with Gasteiger partial charge in [-0.1, -0.05) is 30.3 Å². The molecule has 2 aromatic rings. The van der Waals surface area contributed by atoms with Gasteiger partial charge >= 0.3 is 0 Å². The fourth-order valence-corrected chi connectivity index (χ4v) is 2.82. The van der Waals surface area contributed by atoms with Gasteiger partial charge in [0.2, 0.25) is 0 Å². The summed E-state index contributed by atoms with van der Waals surface area (Å²) in [4.78, 5) is 17.9. The molecule has 0 atom stereocenters. The van der Waals surface area contributed by atoms with Crippen LogP contribution in [-0.2, 0) is 11.3 Å². The molecule has 0 unspecified atom stereocenters. The largest absolute Gasteiger partial charge is 0.491 e. The number of nitrogens with one attached hydrogen (secondary N) is 2. The summed E-state index contributed by atoms with van der Waals surface area (Å²) < 4.78 is 11.4. The second-order valence-corrected chi connectivity index (χ2v) is 6.83. The molecule has 0 bridgehead atoms. The average Bonchev–Trinajstić information content (AvgIpc) is 2.74. The van der Waals surface area contributed by atoms with Crippen molar-refractivity contribution < 1.29 is 14.3 Å². The van der Waals surface area contributed by atoms with Crippen LogP contribution < -0.4 is 20.1 Å². The topological polar surface area (TPSA) is 75.2 Å². The van der Waals surface area contributed by atoms with E-state index in [2.05, 4.69) is 15.6 Å². The van der Waals surface area contributed by atoms with Crippen LogP contribution in [0.5, 0.6) is 11.5 Å². The number of hydrogen-bond donors (Lipinski definition) is 2. The Morgan fingerprint density at radius 3 is 2.58 bits per heavy atom. The zero-order valence-corrected chi connectivity index (χ0v) is 21.0. The Morgan fingerprint density at radius 1 is 1.10 bits per heavy atom. The number of carbonyl (C=O) groups is 1. The number of aryl methyl sites for hydroxylation is 1. The highest BCUT2D eigenvalue weighted by Gasteiger charge is 2.07. The lowest BCUT2D eigenvalue weighted by molar-refractivity contribution is -0.122. The lowest BCUT2D eigenvalue weighted by Crippen LogP contribution is -2.40. The Kier molecular flexibility index (Phi) is 12.4. The predicted molar refractivity (Wildman–Crippen MR) is 136 cm³/mol. The minimum absolute atomic E-state index is 0. The van der Waals surface area contributed by atoms with Crippen molar-refractivity contribution in [3.63, 3.8) is 0 Å². The van der Waals surface area contributed by atoms with Crippen molar-refractivity contribution in [2.45, 2.75) is 20.4 Å². The molecule has 170 valence electrons. The molecule has 1 amide bonds. The van der Waals surface area contributed by atoms with Gasteiger partial charge in [-0.05, 0) is 43.2 Å². The Balaban J connectivity index is 0.00000480. The fraction of sp³-hybridized carbons (Fsp3) is 0.391. The molecule has 31 heavy (non-hydrogen) atoms. The number of amides is 1. The summed E-state index contributed by atoms with van der Waals surface area (Å²) >= 11 is 0. The lowest BCUT2D eigenvalue weighted by atomic mass is 10.2. The first-order valence-electron chi connectivity index (χ1n) is 10.1. The normalized spacial score (nSPS) is 10.6. The molecule has 0 aromatic heterocycles. The molecule has 0 radical (unpaired) electrons. The van der Waals surface area contributed by atoms with Gasteiger partial charge in [-0.3, -0.25) is 9.79 Å². The third kappa shape index (κ3) is 9.46. The van der Waals surface area contributed by atoms with Crippen molar-refractivity contribution in [2.24, 2.45) is 4.99 Å². The van der Waals surface area contributed by atoms with Crippen molar-refractivity contribution in [2.75, 3.05) is 40.4 Å². The first-order valence-corrected chi connectivity index (χ1v) is 10.1. The van der Waals surface area contributed by atoms with E-state index in [4.69, 9.17) is 9.47 Å². The standard InChI is InChI=1S/C23H32N4O3.HI/c1-5-25-22(28)17-30-20-11-8-10-19(15-20)16-26-23(24-3)27(4)13-14-29-21-12-7-6-9-18(21)2;/h6-12,15H,5,13-14,16-17H2,1-4H3,(H,24,26)(H,25,28);1H. The summed E-state index contributed by atoms with van der Waals surface area (Å²) in [6, 6.07) is 15.7. The maximum atomic E-state index is 11.5. The van der Waals surface area contributed by atoms with Crippen molar-refractivity contribution in [3.8, 4) is 11.5 Å². The third-order valence-electron chi connectivity index (χ3n) is 4.44. The highest BCUT2D eigenvalue weighted by Crippen LogP contribution is 2.16. The summed E-state index contributed by atoms with van der Waals surface area (Å²) in [5.41, 5.74) is 2.16. The van der Waals surface area contributed by atoms with E-state index in [9.17, 15) is 4.79 Å². The maximum absolute atomic E-state index is 11.5. The number of likely N-dealkylation sites (N-methyl/N-ethyl adjacent to an activating group) is 2. The molecule has 0 saturated heterocycles. The molecule has 0 heterocycles. The number of guanidine groups is 1. The lowest BCUT2D eigenvalue weighted by Gasteiger charge is -2.22. The van der Waals surface area contributed by atoms with Crippen LogP contribution in [0.4, 0.5) is 0 Å². The molecule has 0 saturated carbocycles. The monoisotopic (exact) mass is 540 g/mol. The van der Waals surface area contributed by atoms with E-state index < -0.39 is 0 Å². The molecule has 0 aliphatic rings. The highest BCUT2D eigenvalue weighted by atomic mass is 127. The van der Waals surface area contributed by atoms with Gasteiger partial charge in [0.1, 0.15) is 18.1 Å². The van der Waals surface area contributed by atoms with Gasteiger partial charge in [-0.25, -0.2) is 0 Å². The number of aliphatic imine (C=N–C) groups is 1. The van der Waals surface area contributed by atoms with Crippen LogP contribution in [0.25, 0.3) is 0 Å². The van der Waals surface area contributed by atoms with E-state index in [0.717, 1.165) is 22.8 Å². The third-order valence-corrected chi connectivity index (χ3v) is 4.44. The molecule has 2 rings (SSSR count). The zero-order chi connectivity index (χ0) is 21.8. The van der Waals surface area contributed by atoms with Gasteiger partial charge in [-0.2, -0.15) is 0 Å². The van der Waals surface area contributed by atoms with Crippen molar-refractivity contribution in [1.82, 2.24) is 15.5 Å². The molecule has 0 spiro atoms. The first kappa shape index (κ1) is 26.5. The molecular formula is C23H33IN4O3. The summed E-state index contributed by atoms with van der Waals surface area (Å²) in [6.07, 6.45) is 0. The summed E-state index contributed by atoms with van der Waals surface area (Å²) in [7, 11) is 3.73. The van der Waals surface area contributed by atoms with Crippen LogP contribution >= 0.6 is 24.0 Å². The van der Waals surface area contributed by atoms with Crippen LogP contribution in [0.2, 0.25) is 0 Å². The molecule has 0 aliphatic carbocycles. The maximum Gasteiger partial charge on any atom is 0.257 e. The molecule has 2 N–H and O–H groups in total. The van der Waals surface area contributed by atoms with Crippen LogP contribution in [0.1, 0.15) is 18.1 Å². The summed E-state index contributed by atoms with van der Waals surface area (Å²) in [6.45, 7) is 6.37. The second-order valence-electron chi connectivity index (χ2n) is 6.83. The molecule has 0 fully saturated rings. The van der Waals surface area contributed by atoms with Gasteiger partial charge in [0.05, 0.1) is 6.54 Å². The van der Waals surface area contributed by atoms with Gasteiger partial charge < -0.3 is 25.0 Å². The van der Waals surface area contributed by atoms with Gasteiger partial charge in [-0.15, -0.1) is 24.0 Å². The number of para-hydroxylation sites is 1. The predicted octanol–water partition coefficient (Wildman–Crippen LogP) is 3.21. The Labute approximate surface area is 202 Å². The first-order chi connectivity index (χ1) is 14.5. The van der Waals surface area contributed by atoms with Gasteiger partial charge in [0.25, 0.3) is 5.91 Å². The molecule has 7 nitrogen and oxygen atoms in total. The van der Waals surface area contributed by atoms with E-state index in [1.807, 2.05) is 74.3 Å². The van der Waals surface area contributed by atoms with Gasteiger partial charge in [0.15, 0.2) is 12.6 Å². The SMILES string of the molecule is CCNC(=O)COc1cccc(CNC(=NC)N(C)CCOc2ccccc2C)c1.I. The molecular weight excluding hydrogens is 507 g/mol. The van der Waals surface area contributed by atoms with Gasteiger partial charge in [0, 0.05) is 27.2 Å². The number of ether oxygens (including phenoxy) is 2. The summed E-state index contributed by atoms with van der Waals surface area (Å²) in [5.74, 6) is 2.21. The number of hydrogen-bond acceptors (Lipinski definition) is 4. The minimum Gasteiger partial charge on any atom is -0.491 e. The number of nitrogens with zero attached hydrogens (tertiary/aromatic N) is 2. The number of rotatable bonds is 10. The Hall–Kier alpha value is -2.49. The Morgan fingerprint density at radius 2 is 1.87 bits per heavy atom. The molecule has 2 aromatic carbocycles. The van der Waals surface area contributed by atoms with E-state index in [-0.39, 0.29) is 36.5 Å². The molecule has 8 heteroatoms.